The Morgan fingerprint density at radius 2 is 2.12 bits per heavy atom. The van der Waals surface area contributed by atoms with Crippen LogP contribution in [0.5, 0.6) is 0 Å². The predicted octanol–water partition coefficient (Wildman–Crippen LogP) is 2.69. The quantitative estimate of drug-likeness (QED) is 0.709. The molecule has 0 spiro atoms. The number of hydrogen-bond donors (Lipinski definition) is 0. The average Bonchev–Trinajstić information content (AvgIpc) is 3.15. The highest BCUT2D eigenvalue weighted by Crippen LogP contribution is 2.39. The average molecular weight is 218 g/mol. The van der Waals surface area contributed by atoms with Gasteiger partial charge in [-0.15, -0.1) is 0 Å². The van der Waals surface area contributed by atoms with Crippen LogP contribution in [0.4, 0.5) is 0 Å². The van der Waals surface area contributed by atoms with Crippen LogP contribution in [-0.2, 0) is 16.1 Å². The van der Waals surface area contributed by atoms with Gasteiger partial charge in [-0.05, 0) is 36.8 Å². The second-order valence-electron chi connectivity index (χ2n) is 4.91. The normalized spacial score (nSPS) is 25.4. The van der Waals surface area contributed by atoms with E-state index in [0.29, 0.717) is 12.2 Å². The van der Waals surface area contributed by atoms with E-state index in [-0.39, 0.29) is 0 Å². The van der Waals surface area contributed by atoms with E-state index in [1.165, 1.54) is 24.0 Å². The number of benzene rings is 1. The molecule has 1 aliphatic carbocycles. The minimum Gasteiger partial charge on any atom is -0.370 e. The van der Waals surface area contributed by atoms with Crippen molar-refractivity contribution in [2.45, 2.75) is 38.6 Å². The Bertz CT molecular complexity index is 355. The molecule has 16 heavy (non-hydrogen) atoms. The Hall–Kier alpha value is -0.860. The summed E-state index contributed by atoms with van der Waals surface area (Å²) in [5.41, 5.74) is 2.61. The van der Waals surface area contributed by atoms with Gasteiger partial charge < -0.3 is 9.47 Å². The number of aryl methyl sites for hydroxylation is 1. The van der Waals surface area contributed by atoms with Crippen molar-refractivity contribution in [3.8, 4) is 0 Å². The standard InChI is InChI=1S/C14H18O2/c1-10-4-2-3-5-12(10)8-16-14(11-6-7-11)13-9-15-13/h2-5,11,13-14H,6-9H2,1H3/t13-,14?/m1/s1. The highest BCUT2D eigenvalue weighted by molar-refractivity contribution is 5.24. The molecule has 0 bridgehead atoms. The van der Waals surface area contributed by atoms with Crippen molar-refractivity contribution in [1.82, 2.24) is 0 Å². The lowest BCUT2D eigenvalue weighted by Crippen LogP contribution is -2.22. The lowest BCUT2D eigenvalue weighted by molar-refractivity contribution is 0.00732. The van der Waals surface area contributed by atoms with E-state index in [4.69, 9.17) is 9.47 Å². The summed E-state index contributed by atoms with van der Waals surface area (Å²) in [6.07, 6.45) is 3.37. The Kier molecular flexibility index (Phi) is 2.70. The molecule has 1 aromatic carbocycles. The van der Waals surface area contributed by atoms with E-state index >= 15 is 0 Å². The second kappa shape index (κ2) is 4.19. The Morgan fingerprint density at radius 3 is 2.75 bits per heavy atom. The zero-order chi connectivity index (χ0) is 11.0. The predicted molar refractivity (Wildman–Crippen MR) is 62.2 cm³/mol. The molecule has 2 atom stereocenters. The fraction of sp³-hybridized carbons (Fsp3) is 0.571. The van der Waals surface area contributed by atoms with Gasteiger partial charge in [-0.3, -0.25) is 0 Å². The number of epoxide rings is 1. The molecule has 0 N–H and O–H groups in total. The Labute approximate surface area is 96.6 Å². The lowest BCUT2D eigenvalue weighted by atomic mass is 10.1. The van der Waals surface area contributed by atoms with Crippen LogP contribution in [0.1, 0.15) is 24.0 Å². The van der Waals surface area contributed by atoms with Gasteiger partial charge in [0.15, 0.2) is 0 Å². The van der Waals surface area contributed by atoms with Crippen LogP contribution in [0.3, 0.4) is 0 Å². The van der Waals surface area contributed by atoms with Gasteiger partial charge in [-0.1, -0.05) is 24.3 Å². The summed E-state index contributed by atoms with van der Waals surface area (Å²) in [6, 6.07) is 8.43. The van der Waals surface area contributed by atoms with Crippen LogP contribution < -0.4 is 0 Å². The van der Waals surface area contributed by atoms with E-state index in [1.807, 2.05) is 0 Å². The zero-order valence-corrected chi connectivity index (χ0v) is 9.69. The van der Waals surface area contributed by atoms with Gasteiger partial charge in [-0.25, -0.2) is 0 Å². The molecule has 86 valence electrons. The second-order valence-corrected chi connectivity index (χ2v) is 4.91. The first kappa shape index (κ1) is 10.3. The first-order valence-corrected chi connectivity index (χ1v) is 6.12. The van der Waals surface area contributed by atoms with E-state index in [1.54, 1.807) is 0 Å². The largest absolute Gasteiger partial charge is 0.370 e. The maximum atomic E-state index is 6.03. The number of ether oxygens (including phenoxy) is 2. The van der Waals surface area contributed by atoms with E-state index in [0.717, 1.165) is 19.1 Å². The van der Waals surface area contributed by atoms with Gasteiger partial charge in [-0.2, -0.15) is 0 Å². The fourth-order valence-electron chi connectivity index (χ4n) is 2.17. The van der Waals surface area contributed by atoms with Crippen molar-refractivity contribution in [2.75, 3.05) is 6.61 Å². The first-order valence-electron chi connectivity index (χ1n) is 6.12. The molecule has 1 unspecified atom stereocenters. The lowest BCUT2D eigenvalue weighted by Gasteiger charge is -2.15. The monoisotopic (exact) mass is 218 g/mol. The van der Waals surface area contributed by atoms with E-state index in [2.05, 4.69) is 31.2 Å². The summed E-state index contributed by atoms with van der Waals surface area (Å²) in [4.78, 5) is 0. The molecule has 0 amide bonds. The molecule has 0 aromatic heterocycles. The molecule has 1 aromatic rings. The van der Waals surface area contributed by atoms with Crippen molar-refractivity contribution in [2.24, 2.45) is 5.92 Å². The van der Waals surface area contributed by atoms with Crippen molar-refractivity contribution in [3.05, 3.63) is 35.4 Å². The summed E-state index contributed by atoms with van der Waals surface area (Å²) >= 11 is 0. The minimum atomic E-state index is 0.347. The molecule has 1 saturated carbocycles. The van der Waals surface area contributed by atoms with Gasteiger partial charge >= 0.3 is 0 Å². The third kappa shape index (κ3) is 2.28. The molecule has 1 saturated heterocycles. The van der Waals surface area contributed by atoms with Crippen molar-refractivity contribution in [3.63, 3.8) is 0 Å². The van der Waals surface area contributed by atoms with Crippen LogP contribution in [0, 0.1) is 12.8 Å². The SMILES string of the molecule is Cc1ccccc1COC(C1CC1)[C@H]1CO1. The summed E-state index contributed by atoms with van der Waals surface area (Å²) in [6.45, 7) is 3.76. The van der Waals surface area contributed by atoms with E-state index < -0.39 is 0 Å². The molecule has 2 aliphatic rings. The van der Waals surface area contributed by atoms with Crippen molar-refractivity contribution < 1.29 is 9.47 Å². The molecule has 0 radical (unpaired) electrons. The van der Waals surface area contributed by atoms with Crippen LogP contribution in [-0.4, -0.2) is 18.8 Å². The Morgan fingerprint density at radius 1 is 1.38 bits per heavy atom. The highest BCUT2D eigenvalue weighted by atomic mass is 16.6. The zero-order valence-electron chi connectivity index (χ0n) is 9.69. The molecule has 2 fully saturated rings. The summed E-state index contributed by atoms with van der Waals surface area (Å²) in [5.74, 6) is 0.761. The third-order valence-electron chi connectivity index (χ3n) is 3.50. The first-order chi connectivity index (χ1) is 7.84. The van der Waals surface area contributed by atoms with Gasteiger partial charge in [0, 0.05) is 0 Å². The van der Waals surface area contributed by atoms with Crippen LogP contribution >= 0.6 is 0 Å². The fourth-order valence-corrected chi connectivity index (χ4v) is 2.17. The number of rotatable bonds is 5. The number of hydrogen-bond acceptors (Lipinski definition) is 2. The maximum absolute atomic E-state index is 6.03. The van der Waals surface area contributed by atoms with Crippen LogP contribution in [0.15, 0.2) is 24.3 Å². The maximum Gasteiger partial charge on any atom is 0.107 e. The van der Waals surface area contributed by atoms with Crippen molar-refractivity contribution >= 4 is 0 Å². The van der Waals surface area contributed by atoms with Gasteiger partial charge in [0.25, 0.3) is 0 Å². The summed E-state index contributed by atoms with van der Waals surface area (Å²) < 4.78 is 11.4. The molecule has 2 nitrogen and oxygen atoms in total. The molecule has 1 heterocycles. The summed E-state index contributed by atoms with van der Waals surface area (Å²) in [7, 11) is 0. The smallest absolute Gasteiger partial charge is 0.107 e. The Balaban J connectivity index is 1.60. The van der Waals surface area contributed by atoms with Crippen molar-refractivity contribution in [1.29, 1.82) is 0 Å². The molecule has 1 aliphatic heterocycles. The van der Waals surface area contributed by atoms with Gasteiger partial charge in [0.05, 0.1) is 19.3 Å². The highest BCUT2D eigenvalue weighted by Gasteiger charge is 2.43. The van der Waals surface area contributed by atoms with E-state index in [9.17, 15) is 0 Å². The summed E-state index contributed by atoms with van der Waals surface area (Å²) in [5, 5.41) is 0. The minimum absolute atomic E-state index is 0.347. The molecule has 3 rings (SSSR count). The third-order valence-corrected chi connectivity index (χ3v) is 3.50. The van der Waals surface area contributed by atoms with Crippen LogP contribution in [0.25, 0.3) is 0 Å². The molecule has 2 heteroatoms. The molecular formula is C14H18O2. The topological polar surface area (TPSA) is 21.8 Å². The van der Waals surface area contributed by atoms with Gasteiger partial charge in [0.2, 0.25) is 0 Å². The van der Waals surface area contributed by atoms with Gasteiger partial charge in [0.1, 0.15) is 6.10 Å². The molecular weight excluding hydrogens is 200 g/mol. The van der Waals surface area contributed by atoms with Crippen LogP contribution in [0.2, 0.25) is 0 Å².